The number of H-pyrrole nitrogens is 1. The fourth-order valence-electron chi connectivity index (χ4n) is 2.27. The van der Waals surface area contributed by atoms with Gasteiger partial charge in [0.25, 0.3) is 5.91 Å². The number of carbonyl (C=O) groups is 1. The third-order valence-corrected chi connectivity index (χ3v) is 4.72. The lowest BCUT2D eigenvalue weighted by molar-refractivity contribution is 0.0984. The van der Waals surface area contributed by atoms with E-state index in [1.54, 1.807) is 6.07 Å². The average molecular weight is 360 g/mol. The van der Waals surface area contributed by atoms with Gasteiger partial charge < -0.3 is 4.98 Å². The molecule has 1 aromatic carbocycles. The number of amides is 1. The first kappa shape index (κ1) is 16.9. The Hall–Kier alpha value is -1.98. The fraction of sp³-hybridized carbons (Fsp3) is 0.222. The van der Waals surface area contributed by atoms with E-state index >= 15 is 0 Å². The number of nitrogens with zero attached hydrogens (tertiary/aromatic N) is 1. The summed E-state index contributed by atoms with van der Waals surface area (Å²) in [5.74, 6) is -0.260. The topological polar surface area (TPSA) is 57.8 Å². The van der Waals surface area contributed by atoms with Crippen LogP contribution >= 0.6 is 23.5 Å². The Bertz CT molecular complexity index is 899. The number of hydrogen-bond donors (Lipinski definition) is 2. The van der Waals surface area contributed by atoms with Crippen LogP contribution in [0.25, 0.3) is 10.9 Å². The highest BCUT2D eigenvalue weighted by molar-refractivity contribution is 7.98. The zero-order valence-electron chi connectivity index (χ0n) is 13.7. The van der Waals surface area contributed by atoms with Crippen molar-refractivity contribution >= 4 is 40.4 Å². The minimum Gasteiger partial charge on any atom is -0.361 e. The number of fused-ring (bicyclic) bond motifs is 1. The van der Waals surface area contributed by atoms with E-state index < -0.39 is 0 Å². The lowest BCUT2D eigenvalue weighted by atomic mass is 9.91. The molecule has 0 aliphatic heterocycles. The van der Waals surface area contributed by atoms with Crippen molar-refractivity contribution in [2.45, 2.75) is 31.1 Å². The number of halogens is 1. The van der Waals surface area contributed by atoms with E-state index in [4.69, 9.17) is 11.6 Å². The van der Waals surface area contributed by atoms with Crippen molar-refractivity contribution in [3.8, 4) is 0 Å². The molecule has 3 rings (SSSR count). The molecule has 3 aromatic rings. The van der Waals surface area contributed by atoms with E-state index in [0.29, 0.717) is 5.56 Å². The lowest BCUT2D eigenvalue weighted by Crippen LogP contribution is -2.19. The van der Waals surface area contributed by atoms with Crippen LogP contribution < -0.4 is 4.72 Å². The molecule has 6 heteroatoms. The second-order valence-corrected chi connectivity index (χ2v) is 7.78. The first-order valence-electron chi connectivity index (χ1n) is 7.56. The molecule has 4 nitrogen and oxygen atoms in total. The Morgan fingerprint density at radius 2 is 2.00 bits per heavy atom. The van der Waals surface area contributed by atoms with Crippen molar-refractivity contribution < 1.29 is 4.79 Å². The van der Waals surface area contributed by atoms with Gasteiger partial charge >= 0.3 is 0 Å². The molecule has 2 heterocycles. The van der Waals surface area contributed by atoms with Crippen LogP contribution in [0.2, 0.25) is 5.15 Å². The third-order valence-electron chi connectivity index (χ3n) is 3.65. The maximum atomic E-state index is 12.3. The summed E-state index contributed by atoms with van der Waals surface area (Å²) in [6.07, 6.45) is 1.89. The van der Waals surface area contributed by atoms with Crippen molar-refractivity contribution in [1.29, 1.82) is 0 Å². The lowest BCUT2D eigenvalue weighted by Gasteiger charge is -2.18. The Morgan fingerprint density at radius 1 is 1.21 bits per heavy atom. The highest BCUT2D eigenvalue weighted by Gasteiger charge is 2.19. The molecule has 0 bridgehead atoms. The monoisotopic (exact) mass is 359 g/mol. The number of aromatic amines is 1. The van der Waals surface area contributed by atoms with Gasteiger partial charge in [-0.1, -0.05) is 38.4 Å². The molecule has 0 saturated carbocycles. The molecule has 0 aliphatic rings. The van der Waals surface area contributed by atoms with Gasteiger partial charge in [0.05, 0.1) is 5.56 Å². The Kier molecular flexibility index (Phi) is 4.56. The normalized spacial score (nSPS) is 11.7. The fourth-order valence-corrected chi connectivity index (χ4v) is 3.15. The number of pyridine rings is 1. The summed E-state index contributed by atoms with van der Waals surface area (Å²) >= 11 is 7.44. The number of hydrogen-bond acceptors (Lipinski definition) is 3. The Morgan fingerprint density at radius 3 is 2.71 bits per heavy atom. The predicted octanol–water partition coefficient (Wildman–Crippen LogP) is 4.95. The van der Waals surface area contributed by atoms with E-state index in [-0.39, 0.29) is 16.5 Å². The van der Waals surface area contributed by atoms with Crippen molar-refractivity contribution in [3.63, 3.8) is 0 Å². The number of rotatable bonds is 3. The molecule has 0 unspecified atom stereocenters. The van der Waals surface area contributed by atoms with Crippen molar-refractivity contribution in [2.75, 3.05) is 0 Å². The van der Waals surface area contributed by atoms with Crippen LogP contribution in [-0.4, -0.2) is 15.9 Å². The second-order valence-electron chi connectivity index (χ2n) is 6.54. The van der Waals surface area contributed by atoms with Crippen molar-refractivity contribution in [3.05, 3.63) is 59.0 Å². The standard InChI is InChI=1S/C18H18ClN3OS/c1-18(2,3)15-7-6-13(16(19)21-15)17(23)22-24-12-5-4-11-8-9-20-14(11)10-12/h4-10,20H,1-3H3,(H,22,23). The van der Waals surface area contributed by atoms with E-state index in [9.17, 15) is 4.79 Å². The summed E-state index contributed by atoms with van der Waals surface area (Å²) in [6, 6.07) is 11.5. The number of carbonyl (C=O) groups excluding carboxylic acids is 1. The molecular weight excluding hydrogens is 342 g/mol. The van der Waals surface area contributed by atoms with E-state index in [2.05, 4.69) is 35.5 Å². The minimum atomic E-state index is -0.260. The van der Waals surface area contributed by atoms with Gasteiger partial charge in [0.1, 0.15) is 5.15 Å². The van der Waals surface area contributed by atoms with Crippen LogP contribution in [-0.2, 0) is 5.41 Å². The molecule has 2 N–H and O–H groups in total. The predicted molar refractivity (Wildman–Crippen MR) is 99.6 cm³/mol. The molecule has 0 radical (unpaired) electrons. The minimum absolute atomic E-state index is 0.112. The SMILES string of the molecule is CC(C)(C)c1ccc(C(=O)NSc2ccc3cc[nH]c3c2)c(Cl)n1. The maximum Gasteiger partial charge on any atom is 0.264 e. The highest BCUT2D eigenvalue weighted by atomic mass is 35.5. The average Bonchev–Trinajstić information content (AvgIpc) is 2.99. The van der Waals surface area contributed by atoms with Gasteiger partial charge in [-0.2, -0.15) is 0 Å². The number of aromatic nitrogens is 2. The van der Waals surface area contributed by atoms with Gasteiger partial charge in [0.2, 0.25) is 0 Å². The van der Waals surface area contributed by atoms with Crippen molar-refractivity contribution in [1.82, 2.24) is 14.7 Å². The quantitative estimate of drug-likeness (QED) is 0.513. The van der Waals surface area contributed by atoms with Gasteiger partial charge in [0.15, 0.2) is 0 Å². The second kappa shape index (κ2) is 6.49. The zero-order chi connectivity index (χ0) is 17.3. The summed E-state index contributed by atoms with van der Waals surface area (Å²) in [7, 11) is 0. The Labute approximate surface area is 150 Å². The summed E-state index contributed by atoms with van der Waals surface area (Å²) in [4.78, 5) is 20.8. The first-order valence-corrected chi connectivity index (χ1v) is 8.75. The summed E-state index contributed by atoms with van der Waals surface area (Å²) in [6.45, 7) is 6.16. The summed E-state index contributed by atoms with van der Waals surface area (Å²) in [5.41, 5.74) is 2.15. The van der Waals surface area contributed by atoms with Crippen LogP contribution in [0.15, 0.2) is 47.5 Å². The van der Waals surface area contributed by atoms with Gasteiger partial charge in [0, 0.05) is 27.7 Å². The smallest absolute Gasteiger partial charge is 0.264 e. The maximum absolute atomic E-state index is 12.3. The molecule has 0 fully saturated rings. The van der Waals surface area contributed by atoms with E-state index in [1.165, 1.54) is 11.9 Å². The summed E-state index contributed by atoms with van der Waals surface area (Å²) < 4.78 is 2.81. The number of nitrogens with one attached hydrogen (secondary N) is 2. The highest BCUT2D eigenvalue weighted by Crippen LogP contribution is 2.25. The molecule has 1 amide bonds. The van der Waals surface area contributed by atoms with Gasteiger partial charge in [-0.25, -0.2) is 4.98 Å². The molecule has 2 aromatic heterocycles. The van der Waals surface area contributed by atoms with E-state index in [1.807, 2.05) is 36.5 Å². The third kappa shape index (κ3) is 3.57. The summed E-state index contributed by atoms with van der Waals surface area (Å²) in [5, 5.41) is 1.36. The first-order chi connectivity index (χ1) is 11.3. The van der Waals surface area contributed by atoms with Crippen LogP contribution in [0.3, 0.4) is 0 Å². The number of benzene rings is 1. The van der Waals surface area contributed by atoms with Gasteiger partial charge in [-0.15, -0.1) is 0 Å². The van der Waals surface area contributed by atoms with Gasteiger partial charge in [-0.3, -0.25) is 9.52 Å². The zero-order valence-corrected chi connectivity index (χ0v) is 15.3. The molecular formula is C18H18ClN3OS. The van der Waals surface area contributed by atoms with Crippen LogP contribution in [0.1, 0.15) is 36.8 Å². The van der Waals surface area contributed by atoms with E-state index in [0.717, 1.165) is 21.5 Å². The molecule has 124 valence electrons. The largest absolute Gasteiger partial charge is 0.361 e. The van der Waals surface area contributed by atoms with Crippen LogP contribution in [0.5, 0.6) is 0 Å². The van der Waals surface area contributed by atoms with Crippen molar-refractivity contribution in [2.24, 2.45) is 0 Å². The molecule has 24 heavy (non-hydrogen) atoms. The van der Waals surface area contributed by atoms with Crippen LogP contribution in [0, 0.1) is 0 Å². The Balaban J connectivity index is 1.72. The molecule has 0 saturated heterocycles. The van der Waals surface area contributed by atoms with Crippen LogP contribution in [0.4, 0.5) is 0 Å². The molecule has 0 spiro atoms. The molecule has 0 aliphatic carbocycles. The molecule has 0 atom stereocenters. The van der Waals surface area contributed by atoms with Gasteiger partial charge in [-0.05, 0) is 47.7 Å².